The molecule has 0 bridgehead atoms. The first-order valence-electron chi connectivity index (χ1n) is 7.26. The Labute approximate surface area is 135 Å². The van der Waals surface area contributed by atoms with Gasteiger partial charge in [0, 0.05) is 19.7 Å². The molecule has 0 atom stereocenters. The van der Waals surface area contributed by atoms with E-state index in [1.807, 2.05) is 6.92 Å². The number of alkyl halides is 3. The summed E-state index contributed by atoms with van der Waals surface area (Å²) in [7, 11) is 1.49. The number of aryl methyl sites for hydroxylation is 1. The third-order valence-corrected chi connectivity index (χ3v) is 3.59. The molecule has 0 saturated heterocycles. The summed E-state index contributed by atoms with van der Waals surface area (Å²) in [5.74, 6) is -3.15. The van der Waals surface area contributed by atoms with E-state index in [9.17, 15) is 27.9 Å². The summed E-state index contributed by atoms with van der Waals surface area (Å²) >= 11 is 0. The van der Waals surface area contributed by atoms with Crippen LogP contribution in [0.3, 0.4) is 0 Å². The van der Waals surface area contributed by atoms with E-state index in [1.165, 1.54) is 23.9 Å². The number of hydrogen-bond donors (Lipinski definition) is 1. The molecule has 0 saturated carbocycles. The number of halogens is 3. The lowest BCUT2D eigenvalue weighted by Gasteiger charge is -2.09. The molecule has 2 aromatic rings. The molecule has 0 aromatic carbocycles. The lowest BCUT2D eigenvalue weighted by molar-refractivity contribution is -0.0889. The third kappa shape index (κ3) is 3.19. The Morgan fingerprint density at radius 3 is 2.54 bits per heavy atom. The minimum Gasteiger partial charge on any atom is -0.476 e. The van der Waals surface area contributed by atoms with Crippen molar-refractivity contribution in [1.82, 2.24) is 14.1 Å². The standard InChI is InChI=1S/C15H16F3N3O3/c1-3-4-7-10-19-13(11(14(23)24)20(10)2)21-8-5-6-9(21)12(22)15(16,17)18/h5-6,8H,3-4,7H2,1-2H3,(H,23,24). The molecule has 0 spiro atoms. The second-order valence-electron chi connectivity index (χ2n) is 5.26. The van der Waals surface area contributed by atoms with Crippen LogP contribution >= 0.6 is 0 Å². The first-order chi connectivity index (χ1) is 11.2. The van der Waals surface area contributed by atoms with Gasteiger partial charge in [-0.2, -0.15) is 13.2 Å². The van der Waals surface area contributed by atoms with Crippen LogP contribution in [0.15, 0.2) is 18.3 Å². The zero-order valence-electron chi connectivity index (χ0n) is 13.1. The minimum absolute atomic E-state index is 0.200. The Bertz CT molecular complexity index is 775. The maximum Gasteiger partial charge on any atom is 0.456 e. The monoisotopic (exact) mass is 343 g/mol. The highest BCUT2D eigenvalue weighted by molar-refractivity contribution is 6.00. The first kappa shape index (κ1) is 17.8. The van der Waals surface area contributed by atoms with Gasteiger partial charge in [-0.15, -0.1) is 0 Å². The summed E-state index contributed by atoms with van der Waals surface area (Å²) < 4.78 is 40.3. The predicted octanol–water partition coefficient (Wildman–Crippen LogP) is 3.00. The number of carboxylic acids is 1. The third-order valence-electron chi connectivity index (χ3n) is 3.59. The summed E-state index contributed by atoms with van der Waals surface area (Å²) in [6.07, 6.45) is -1.77. The minimum atomic E-state index is -5.06. The lowest BCUT2D eigenvalue weighted by atomic mass is 10.2. The van der Waals surface area contributed by atoms with Crippen LogP contribution in [0.25, 0.3) is 5.82 Å². The van der Waals surface area contributed by atoms with Gasteiger partial charge in [-0.05, 0) is 18.6 Å². The molecule has 0 aliphatic carbocycles. The summed E-state index contributed by atoms with van der Waals surface area (Å²) in [4.78, 5) is 27.2. The average Bonchev–Trinajstić information content (AvgIpc) is 3.07. The van der Waals surface area contributed by atoms with E-state index in [4.69, 9.17) is 0 Å². The molecular weight excluding hydrogens is 327 g/mol. The number of Topliss-reactive ketones (excluding diaryl/α,β-unsaturated/α-hetero) is 1. The van der Waals surface area contributed by atoms with Crippen molar-refractivity contribution in [2.24, 2.45) is 7.05 Å². The molecule has 24 heavy (non-hydrogen) atoms. The van der Waals surface area contributed by atoms with E-state index in [1.54, 1.807) is 0 Å². The largest absolute Gasteiger partial charge is 0.476 e. The number of aromatic nitrogens is 3. The number of carbonyl (C=O) groups excluding carboxylic acids is 1. The normalized spacial score (nSPS) is 11.7. The van der Waals surface area contributed by atoms with Crippen molar-refractivity contribution in [3.8, 4) is 5.82 Å². The molecular formula is C15H16F3N3O3. The molecule has 0 aliphatic heterocycles. The molecule has 6 nitrogen and oxygen atoms in total. The van der Waals surface area contributed by atoms with Crippen molar-refractivity contribution in [1.29, 1.82) is 0 Å². The lowest BCUT2D eigenvalue weighted by Crippen LogP contribution is -2.25. The van der Waals surface area contributed by atoms with Crippen LogP contribution in [-0.4, -0.2) is 37.2 Å². The molecule has 2 heterocycles. The van der Waals surface area contributed by atoms with Gasteiger partial charge in [0.05, 0.1) is 5.69 Å². The summed E-state index contributed by atoms with van der Waals surface area (Å²) in [6, 6.07) is 2.23. The van der Waals surface area contributed by atoms with Gasteiger partial charge < -0.3 is 9.67 Å². The zero-order valence-corrected chi connectivity index (χ0v) is 13.1. The van der Waals surface area contributed by atoms with Gasteiger partial charge in [0.15, 0.2) is 11.5 Å². The highest BCUT2D eigenvalue weighted by Gasteiger charge is 2.41. The number of nitrogens with zero attached hydrogens (tertiary/aromatic N) is 3. The highest BCUT2D eigenvalue weighted by Crippen LogP contribution is 2.25. The van der Waals surface area contributed by atoms with Crippen LogP contribution in [0.2, 0.25) is 0 Å². The maximum atomic E-state index is 12.7. The Balaban J connectivity index is 2.60. The van der Waals surface area contributed by atoms with Gasteiger partial charge in [-0.3, -0.25) is 9.36 Å². The van der Waals surface area contributed by atoms with Crippen LogP contribution < -0.4 is 0 Å². The highest BCUT2D eigenvalue weighted by atomic mass is 19.4. The number of hydrogen-bond acceptors (Lipinski definition) is 3. The molecule has 2 rings (SSSR count). The van der Waals surface area contributed by atoms with E-state index in [0.717, 1.165) is 23.5 Å². The molecule has 1 N–H and O–H groups in total. The summed E-state index contributed by atoms with van der Waals surface area (Å²) in [6.45, 7) is 1.95. The van der Waals surface area contributed by atoms with E-state index in [2.05, 4.69) is 4.98 Å². The second-order valence-corrected chi connectivity index (χ2v) is 5.26. The molecule has 0 unspecified atom stereocenters. The quantitative estimate of drug-likeness (QED) is 0.818. The van der Waals surface area contributed by atoms with Crippen molar-refractivity contribution >= 4 is 11.8 Å². The van der Waals surface area contributed by atoms with Gasteiger partial charge in [0.25, 0.3) is 5.78 Å². The van der Waals surface area contributed by atoms with Crippen molar-refractivity contribution < 1.29 is 27.9 Å². The predicted molar refractivity (Wildman–Crippen MR) is 78.5 cm³/mol. The Hall–Kier alpha value is -2.58. The molecule has 0 amide bonds. The van der Waals surface area contributed by atoms with Crippen molar-refractivity contribution in [2.45, 2.75) is 32.4 Å². The van der Waals surface area contributed by atoms with Crippen molar-refractivity contribution in [2.75, 3.05) is 0 Å². The van der Waals surface area contributed by atoms with Crippen molar-refractivity contribution in [3.05, 3.63) is 35.5 Å². The van der Waals surface area contributed by atoms with Crippen LogP contribution in [0, 0.1) is 0 Å². The number of imidazole rings is 1. The van der Waals surface area contributed by atoms with Crippen LogP contribution in [-0.2, 0) is 13.5 Å². The van der Waals surface area contributed by atoms with E-state index in [0.29, 0.717) is 12.2 Å². The topological polar surface area (TPSA) is 77.1 Å². The average molecular weight is 343 g/mol. The smallest absolute Gasteiger partial charge is 0.456 e. The Morgan fingerprint density at radius 1 is 1.33 bits per heavy atom. The number of unbranched alkanes of at least 4 members (excludes halogenated alkanes) is 1. The molecule has 9 heteroatoms. The van der Waals surface area contributed by atoms with Crippen LogP contribution in [0.5, 0.6) is 0 Å². The molecule has 0 fully saturated rings. The Morgan fingerprint density at radius 2 is 2.00 bits per heavy atom. The number of ketones is 1. The van der Waals surface area contributed by atoms with Crippen LogP contribution in [0.4, 0.5) is 13.2 Å². The SMILES string of the molecule is CCCCc1nc(-n2cccc2C(=O)C(F)(F)F)c(C(=O)O)n1C. The molecule has 0 aliphatic rings. The van der Waals surface area contributed by atoms with Crippen LogP contribution in [0.1, 0.15) is 46.6 Å². The van der Waals surface area contributed by atoms with Gasteiger partial charge in [-0.25, -0.2) is 9.78 Å². The van der Waals surface area contributed by atoms with Gasteiger partial charge in [0.1, 0.15) is 5.82 Å². The fourth-order valence-corrected chi connectivity index (χ4v) is 2.39. The fraction of sp³-hybridized carbons (Fsp3) is 0.400. The fourth-order valence-electron chi connectivity index (χ4n) is 2.39. The first-order valence-corrected chi connectivity index (χ1v) is 7.26. The van der Waals surface area contributed by atoms with Gasteiger partial charge >= 0.3 is 12.1 Å². The molecule has 130 valence electrons. The van der Waals surface area contributed by atoms with Gasteiger partial charge in [0.2, 0.25) is 0 Å². The maximum absolute atomic E-state index is 12.7. The molecule has 0 radical (unpaired) electrons. The second kappa shape index (κ2) is 6.50. The van der Waals surface area contributed by atoms with E-state index >= 15 is 0 Å². The van der Waals surface area contributed by atoms with Gasteiger partial charge in [-0.1, -0.05) is 13.3 Å². The van der Waals surface area contributed by atoms with Crippen molar-refractivity contribution in [3.63, 3.8) is 0 Å². The van der Waals surface area contributed by atoms with E-state index < -0.39 is 23.6 Å². The number of carboxylic acid groups (broad SMARTS) is 1. The molecule has 2 aromatic heterocycles. The Kier molecular flexibility index (Phi) is 4.81. The van der Waals surface area contributed by atoms with E-state index in [-0.39, 0.29) is 11.5 Å². The number of rotatable bonds is 6. The number of carbonyl (C=O) groups is 2. The number of aromatic carboxylic acids is 1. The summed E-state index contributed by atoms with van der Waals surface area (Å²) in [5.41, 5.74) is -0.946. The summed E-state index contributed by atoms with van der Waals surface area (Å²) in [5, 5.41) is 9.39. The zero-order chi connectivity index (χ0) is 18.1.